The van der Waals surface area contributed by atoms with Crippen LogP contribution < -0.4 is 0 Å². The number of nitrogens with zero attached hydrogens (tertiary/aromatic N) is 2. The Balaban J connectivity index is 2.05. The van der Waals surface area contributed by atoms with Gasteiger partial charge in [-0.1, -0.05) is 17.7 Å². The van der Waals surface area contributed by atoms with E-state index in [2.05, 4.69) is 0 Å². The minimum Gasteiger partial charge on any atom is -0.452 e. The van der Waals surface area contributed by atoms with E-state index in [0.29, 0.717) is 6.54 Å². The zero-order valence-corrected chi connectivity index (χ0v) is 14.6. The Morgan fingerprint density at radius 1 is 1.36 bits per heavy atom. The van der Waals surface area contributed by atoms with Crippen LogP contribution in [0.5, 0.6) is 0 Å². The fourth-order valence-corrected chi connectivity index (χ4v) is 2.88. The third kappa shape index (κ3) is 4.79. The van der Waals surface area contributed by atoms with Crippen molar-refractivity contribution in [3.63, 3.8) is 0 Å². The highest BCUT2D eigenvalue weighted by atomic mass is 35.5. The molecule has 0 saturated carbocycles. The number of nitro benzene ring substituents is 1. The Morgan fingerprint density at radius 3 is 2.72 bits per heavy atom. The van der Waals surface area contributed by atoms with Gasteiger partial charge in [-0.2, -0.15) is 0 Å². The van der Waals surface area contributed by atoms with Crippen LogP contribution in [0.1, 0.15) is 43.0 Å². The van der Waals surface area contributed by atoms with Crippen molar-refractivity contribution < 1.29 is 19.2 Å². The summed E-state index contributed by atoms with van der Waals surface area (Å²) in [7, 11) is 0. The van der Waals surface area contributed by atoms with Crippen molar-refractivity contribution in [1.29, 1.82) is 0 Å². The van der Waals surface area contributed by atoms with Gasteiger partial charge in [0, 0.05) is 23.3 Å². The summed E-state index contributed by atoms with van der Waals surface area (Å²) in [6, 6.07) is 3.65. The maximum absolute atomic E-state index is 12.3. The number of amides is 1. The second kappa shape index (κ2) is 8.62. The second-order valence-corrected chi connectivity index (χ2v) is 6.01. The third-order valence-electron chi connectivity index (χ3n) is 3.93. The summed E-state index contributed by atoms with van der Waals surface area (Å²) in [6.07, 6.45) is 5.89. The van der Waals surface area contributed by atoms with Crippen LogP contribution in [0, 0.1) is 10.1 Å². The SMILES string of the molecule is CCN(C(=O)COC(=O)c1ccc(Cl)cc1[N+](=O)[O-])C1=CCCCC1. The summed E-state index contributed by atoms with van der Waals surface area (Å²) < 4.78 is 4.99. The molecule has 25 heavy (non-hydrogen) atoms. The topological polar surface area (TPSA) is 89.8 Å². The molecule has 134 valence electrons. The largest absolute Gasteiger partial charge is 0.452 e. The Hall–Kier alpha value is -2.41. The van der Waals surface area contributed by atoms with Crippen LogP contribution in [0.2, 0.25) is 5.02 Å². The van der Waals surface area contributed by atoms with Gasteiger partial charge in [0.15, 0.2) is 6.61 Å². The molecule has 0 aromatic heterocycles. The number of hydrogen-bond acceptors (Lipinski definition) is 5. The predicted octanol–water partition coefficient (Wildman–Crippen LogP) is 3.71. The van der Waals surface area contributed by atoms with Gasteiger partial charge < -0.3 is 9.64 Å². The van der Waals surface area contributed by atoms with E-state index in [-0.39, 0.29) is 16.5 Å². The summed E-state index contributed by atoms with van der Waals surface area (Å²) in [5.41, 5.74) is 0.252. The zero-order valence-electron chi connectivity index (χ0n) is 13.9. The van der Waals surface area contributed by atoms with Gasteiger partial charge in [0.2, 0.25) is 0 Å². The number of carbonyl (C=O) groups excluding carboxylic acids is 2. The molecular weight excluding hydrogens is 348 g/mol. The van der Waals surface area contributed by atoms with E-state index in [0.717, 1.165) is 37.4 Å². The second-order valence-electron chi connectivity index (χ2n) is 5.57. The lowest BCUT2D eigenvalue weighted by Gasteiger charge is -2.26. The van der Waals surface area contributed by atoms with E-state index in [9.17, 15) is 19.7 Å². The van der Waals surface area contributed by atoms with Crippen LogP contribution in [0.25, 0.3) is 0 Å². The van der Waals surface area contributed by atoms with Crippen molar-refractivity contribution in [2.45, 2.75) is 32.6 Å². The highest BCUT2D eigenvalue weighted by Gasteiger charge is 2.24. The first-order valence-electron chi connectivity index (χ1n) is 8.04. The molecule has 0 fully saturated rings. The number of esters is 1. The van der Waals surface area contributed by atoms with Gasteiger partial charge in [0.05, 0.1) is 4.92 Å². The number of allylic oxidation sites excluding steroid dienone is 2. The maximum atomic E-state index is 12.3. The van der Waals surface area contributed by atoms with E-state index >= 15 is 0 Å². The predicted molar refractivity (Wildman–Crippen MR) is 92.3 cm³/mol. The van der Waals surface area contributed by atoms with Crippen LogP contribution in [0.4, 0.5) is 5.69 Å². The summed E-state index contributed by atoms with van der Waals surface area (Å²) in [4.78, 5) is 36.4. The van der Waals surface area contributed by atoms with Gasteiger partial charge in [0.25, 0.3) is 11.6 Å². The first-order chi connectivity index (χ1) is 11.9. The summed E-state index contributed by atoms with van der Waals surface area (Å²) in [6.45, 7) is 1.85. The molecule has 0 atom stereocenters. The molecule has 0 radical (unpaired) electrons. The first-order valence-corrected chi connectivity index (χ1v) is 8.42. The van der Waals surface area contributed by atoms with Crippen molar-refractivity contribution in [3.05, 3.63) is 50.7 Å². The van der Waals surface area contributed by atoms with Crippen LogP contribution in [-0.4, -0.2) is 34.9 Å². The van der Waals surface area contributed by atoms with Gasteiger partial charge in [0.1, 0.15) is 5.56 Å². The molecule has 1 aliphatic carbocycles. The van der Waals surface area contributed by atoms with Gasteiger partial charge in [-0.3, -0.25) is 14.9 Å². The van der Waals surface area contributed by atoms with Crippen molar-refractivity contribution in [2.75, 3.05) is 13.2 Å². The highest BCUT2D eigenvalue weighted by molar-refractivity contribution is 6.31. The fraction of sp³-hybridized carbons (Fsp3) is 0.412. The lowest BCUT2D eigenvalue weighted by molar-refractivity contribution is -0.385. The molecule has 7 nitrogen and oxygen atoms in total. The molecule has 0 aliphatic heterocycles. The van der Waals surface area contributed by atoms with Crippen LogP contribution in [0.3, 0.4) is 0 Å². The van der Waals surface area contributed by atoms with Gasteiger partial charge in [-0.15, -0.1) is 0 Å². The molecule has 0 spiro atoms. The number of halogens is 1. The number of likely N-dealkylation sites (N-methyl/N-ethyl adjacent to an activating group) is 1. The highest BCUT2D eigenvalue weighted by Crippen LogP contribution is 2.24. The fourth-order valence-electron chi connectivity index (χ4n) is 2.72. The number of ether oxygens (including phenoxy) is 1. The Morgan fingerprint density at radius 2 is 2.12 bits per heavy atom. The maximum Gasteiger partial charge on any atom is 0.345 e. The van der Waals surface area contributed by atoms with Crippen molar-refractivity contribution >= 4 is 29.2 Å². The summed E-state index contributed by atoms with van der Waals surface area (Å²) in [5, 5.41) is 11.2. The summed E-state index contributed by atoms with van der Waals surface area (Å²) >= 11 is 5.72. The number of hydrogen-bond donors (Lipinski definition) is 0. The minimum atomic E-state index is -0.926. The molecule has 2 rings (SSSR count). The molecule has 0 heterocycles. The van der Waals surface area contributed by atoms with E-state index in [4.69, 9.17) is 16.3 Å². The molecule has 0 saturated heterocycles. The number of carbonyl (C=O) groups is 2. The summed E-state index contributed by atoms with van der Waals surface area (Å²) in [5.74, 6) is -1.27. The van der Waals surface area contributed by atoms with Gasteiger partial charge in [-0.05, 0) is 44.7 Å². The quantitative estimate of drug-likeness (QED) is 0.435. The average Bonchev–Trinajstić information content (AvgIpc) is 2.61. The molecule has 8 heteroatoms. The number of rotatable bonds is 6. The number of benzene rings is 1. The standard InChI is InChI=1S/C17H19ClN2O5/c1-2-19(13-6-4-3-5-7-13)16(21)11-25-17(22)14-9-8-12(18)10-15(14)20(23)24/h6,8-10H,2-5,7,11H2,1H3. The number of nitro groups is 1. The molecule has 0 bridgehead atoms. The molecular formula is C17H19ClN2O5. The first kappa shape index (κ1) is 18.9. The van der Waals surface area contributed by atoms with Crippen molar-refractivity contribution in [1.82, 2.24) is 4.90 Å². The van der Waals surface area contributed by atoms with E-state index in [1.54, 1.807) is 4.90 Å². The normalized spacial score (nSPS) is 13.8. The minimum absolute atomic E-state index is 0.140. The third-order valence-corrected chi connectivity index (χ3v) is 4.17. The molecule has 1 aromatic rings. The van der Waals surface area contributed by atoms with E-state index in [1.165, 1.54) is 12.1 Å². The van der Waals surface area contributed by atoms with Crippen LogP contribution >= 0.6 is 11.6 Å². The van der Waals surface area contributed by atoms with Crippen molar-refractivity contribution in [2.24, 2.45) is 0 Å². The monoisotopic (exact) mass is 366 g/mol. The lowest BCUT2D eigenvalue weighted by Crippen LogP contribution is -2.34. The Kier molecular flexibility index (Phi) is 6.52. The van der Waals surface area contributed by atoms with Crippen LogP contribution in [0.15, 0.2) is 30.0 Å². The zero-order chi connectivity index (χ0) is 18.4. The molecule has 0 unspecified atom stereocenters. The lowest BCUT2D eigenvalue weighted by atomic mass is 10.0. The molecule has 1 aliphatic rings. The van der Waals surface area contributed by atoms with E-state index in [1.807, 2.05) is 13.0 Å². The van der Waals surface area contributed by atoms with Gasteiger partial charge in [-0.25, -0.2) is 4.79 Å². The van der Waals surface area contributed by atoms with Gasteiger partial charge >= 0.3 is 5.97 Å². The van der Waals surface area contributed by atoms with Crippen molar-refractivity contribution in [3.8, 4) is 0 Å². The molecule has 0 N–H and O–H groups in total. The smallest absolute Gasteiger partial charge is 0.345 e. The molecule has 1 aromatic carbocycles. The Bertz CT molecular complexity index is 717. The average molecular weight is 367 g/mol. The Labute approximate surface area is 150 Å². The molecule has 1 amide bonds. The van der Waals surface area contributed by atoms with E-state index < -0.39 is 23.2 Å². The van der Waals surface area contributed by atoms with Crippen LogP contribution in [-0.2, 0) is 9.53 Å².